The number of likely N-dealkylation sites (N-methyl/N-ethyl adjacent to an activating group) is 1. The van der Waals surface area contributed by atoms with Gasteiger partial charge in [0.25, 0.3) is 0 Å². The number of carbonyl (C=O) groups is 2. The van der Waals surface area contributed by atoms with Gasteiger partial charge in [0.05, 0.1) is 6.54 Å². The molecule has 0 fully saturated rings. The lowest BCUT2D eigenvalue weighted by Crippen LogP contribution is -2.37. The van der Waals surface area contributed by atoms with Crippen molar-refractivity contribution >= 4 is 17.6 Å². The van der Waals surface area contributed by atoms with Gasteiger partial charge in [-0.05, 0) is 35.9 Å². The van der Waals surface area contributed by atoms with Gasteiger partial charge < -0.3 is 16.0 Å². The van der Waals surface area contributed by atoms with Crippen LogP contribution in [-0.4, -0.2) is 25.5 Å². The molecule has 0 heterocycles. The molecule has 0 aliphatic rings. The average Bonchev–Trinajstić information content (AvgIpc) is 2.52. The van der Waals surface area contributed by atoms with Crippen LogP contribution < -0.4 is 16.0 Å². The minimum absolute atomic E-state index is 0.188. The third-order valence-corrected chi connectivity index (χ3v) is 3.05. The molecule has 0 spiro atoms. The molecule has 2 aromatic carbocycles. The summed E-state index contributed by atoms with van der Waals surface area (Å²) in [6.45, 7) is -0.188. The summed E-state index contributed by atoms with van der Waals surface area (Å²) < 4.78 is 27.3. The number of halogens is 2. The molecule has 3 amide bonds. The van der Waals surface area contributed by atoms with E-state index in [1.807, 2.05) is 0 Å². The van der Waals surface area contributed by atoms with Crippen LogP contribution in [0.4, 0.5) is 19.3 Å². The predicted molar refractivity (Wildman–Crippen MR) is 82.9 cm³/mol. The van der Waals surface area contributed by atoms with Gasteiger partial charge in [-0.25, -0.2) is 13.6 Å². The van der Waals surface area contributed by atoms with E-state index in [9.17, 15) is 18.4 Å². The van der Waals surface area contributed by atoms with Gasteiger partial charge in [0.2, 0.25) is 5.91 Å². The summed E-state index contributed by atoms with van der Waals surface area (Å²) in [7, 11) is 1.45. The molecular formula is C16H15F2N3O2. The van der Waals surface area contributed by atoms with Gasteiger partial charge >= 0.3 is 6.03 Å². The molecule has 0 radical (unpaired) electrons. The number of anilines is 1. The molecule has 0 atom stereocenters. The second kappa shape index (κ2) is 7.35. The summed E-state index contributed by atoms with van der Waals surface area (Å²) >= 11 is 0. The Morgan fingerprint density at radius 3 is 2.52 bits per heavy atom. The Kier molecular flexibility index (Phi) is 5.24. The highest BCUT2D eigenvalue weighted by Crippen LogP contribution is 2.25. The van der Waals surface area contributed by atoms with Gasteiger partial charge in [0.1, 0.15) is 11.6 Å². The fourth-order valence-electron chi connectivity index (χ4n) is 1.91. The van der Waals surface area contributed by atoms with Gasteiger partial charge in [0.15, 0.2) is 0 Å². The van der Waals surface area contributed by atoms with Crippen molar-refractivity contribution in [1.82, 2.24) is 10.6 Å². The maximum absolute atomic E-state index is 14.1. The van der Waals surface area contributed by atoms with Crippen LogP contribution in [0.5, 0.6) is 0 Å². The zero-order valence-corrected chi connectivity index (χ0v) is 12.3. The van der Waals surface area contributed by atoms with E-state index < -0.39 is 17.7 Å². The standard InChI is InChI=1S/C16H15F2N3O2/c1-19-15(22)9-20-16(23)21-12-5-6-13(14(18)8-12)10-3-2-4-11(17)7-10/h2-8H,9H2,1H3,(H,19,22)(H2,20,21,23). The quantitative estimate of drug-likeness (QED) is 0.810. The second-order valence-electron chi connectivity index (χ2n) is 4.69. The Bertz CT molecular complexity index is 735. The minimum atomic E-state index is -0.633. The van der Waals surface area contributed by atoms with Crippen molar-refractivity contribution in [2.75, 3.05) is 18.9 Å². The summed E-state index contributed by atoms with van der Waals surface area (Å²) in [6, 6.07) is 9.00. The summed E-state index contributed by atoms with van der Waals surface area (Å²) in [5.74, 6) is -1.41. The number of amides is 3. The van der Waals surface area contributed by atoms with Crippen molar-refractivity contribution in [2.45, 2.75) is 0 Å². The average molecular weight is 319 g/mol. The first-order valence-corrected chi connectivity index (χ1v) is 6.80. The Morgan fingerprint density at radius 2 is 1.87 bits per heavy atom. The number of hydrogen-bond donors (Lipinski definition) is 3. The molecular weight excluding hydrogens is 304 g/mol. The lowest BCUT2D eigenvalue weighted by atomic mass is 10.0. The molecule has 0 saturated carbocycles. The van der Waals surface area contributed by atoms with E-state index in [1.54, 1.807) is 6.07 Å². The number of hydrogen-bond acceptors (Lipinski definition) is 2. The first kappa shape index (κ1) is 16.4. The van der Waals surface area contributed by atoms with Gasteiger partial charge in [-0.15, -0.1) is 0 Å². The fourth-order valence-corrected chi connectivity index (χ4v) is 1.91. The molecule has 120 valence electrons. The zero-order chi connectivity index (χ0) is 16.8. The normalized spacial score (nSPS) is 10.0. The molecule has 3 N–H and O–H groups in total. The van der Waals surface area contributed by atoms with Gasteiger partial charge in [0, 0.05) is 18.3 Å². The first-order chi connectivity index (χ1) is 11.0. The van der Waals surface area contributed by atoms with E-state index in [0.29, 0.717) is 5.56 Å². The van der Waals surface area contributed by atoms with E-state index in [-0.39, 0.29) is 23.7 Å². The Balaban J connectivity index is 2.07. The summed E-state index contributed by atoms with van der Waals surface area (Å²) in [4.78, 5) is 22.6. The zero-order valence-electron chi connectivity index (χ0n) is 12.3. The van der Waals surface area contributed by atoms with E-state index in [0.717, 1.165) is 6.07 Å². The highest BCUT2D eigenvalue weighted by Gasteiger charge is 2.09. The molecule has 5 nitrogen and oxygen atoms in total. The summed E-state index contributed by atoms with van der Waals surface area (Å²) in [6.07, 6.45) is 0. The molecule has 0 bridgehead atoms. The third kappa shape index (κ3) is 4.50. The topological polar surface area (TPSA) is 70.2 Å². The van der Waals surface area contributed by atoms with E-state index in [2.05, 4.69) is 16.0 Å². The first-order valence-electron chi connectivity index (χ1n) is 6.80. The van der Waals surface area contributed by atoms with Crippen LogP contribution in [0.2, 0.25) is 0 Å². The highest BCUT2D eigenvalue weighted by molar-refractivity contribution is 5.92. The fraction of sp³-hybridized carbons (Fsp3) is 0.125. The maximum atomic E-state index is 14.1. The largest absolute Gasteiger partial charge is 0.358 e. The Hall–Kier alpha value is -2.96. The van der Waals surface area contributed by atoms with Crippen molar-refractivity contribution in [3.63, 3.8) is 0 Å². The maximum Gasteiger partial charge on any atom is 0.319 e. The monoisotopic (exact) mass is 319 g/mol. The highest BCUT2D eigenvalue weighted by atomic mass is 19.1. The smallest absolute Gasteiger partial charge is 0.319 e. The van der Waals surface area contributed by atoms with Gasteiger partial charge in [-0.1, -0.05) is 12.1 Å². The molecule has 2 rings (SSSR count). The molecule has 0 saturated heterocycles. The van der Waals surface area contributed by atoms with Crippen LogP contribution in [0.15, 0.2) is 42.5 Å². The predicted octanol–water partition coefficient (Wildman–Crippen LogP) is 2.50. The number of carbonyl (C=O) groups excluding carboxylic acids is 2. The molecule has 0 unspecified atom stereocenters. The second-order valence-corrected chi connectivity index (χ2v) is 4.69. The van der Waals surface area contributed by atoms with Crippen LogP contribution in [0, 0.1) is 11.6 Å². The van der Waals surface area contributed by atoms with Crippen molar-refractivity contribution < 1.29 is 18.4 Å². The van der Waals surface area contributed by atoms with Crippen LogP contribution in [-0.2, 0) is 4.79 Å². The van der Waals surface area contributed by atoms with Crippen LogP contribution in [0.1, 0.15) is 0 Å². The molecule has 7 heteroatoms. The van der Waals surface area contributed by atoms with E-state index >= 15 is 0 Å². The SMILES string of the molecule is CNC(=O)CNC(=O)Nc1ccc(-c2cccc(F)c2)c(F)c1. The van der Waals surface area contributed by atoms with Crippen molar-refractivity contribution in [3.05, 3.63) is 54.1 Å². The Labute approximate surface area is 131 Å². The van der Waals surface area contributed by atoms with Crippen LogP contribution in [0.25, 0.3) is 11.1 Å². The van der Waals surface area contributed by atoms with E-state index in [1.165, 1.54) is 37.4 Å². The third-order valence-electron chi connectivity index (χ3n) is 3.05. The number of nitrogens with one attached hydrogen (secondary N) is 3. The number of benzene rings is 2. The molecule has 0 aliphatic carbocycles. The van der Waals surface area contributed by atoms with E-state index in [4.69, 9.17) is 0 Å². The van der Waals surface area contributed by atoms with Gasteiger partial charge in [-0.2, -0.15) is 0 Å². The van der Waals surface area contributed by atoms with Crippen molar-refractivity contribution in [2.24, 2.45) is 0 Å². The number of rotatable bonds is 4. The summed E-state index contributed by atoms with van der Waals surface area (Å²) in [5.41, 5.74) is 0.844. The molecule has 2 aromatic rings. The van der Waals surface area contributed by atoms with Crippen molar-refractivity contribution in [3.8, 4) is 11.1 Å². The van der Waals surface area contributed by atoms with Gasteiger partial charge in [-0.3, -0.25) is 4.79 Å². The van der Waals surface area contributed by atoms with Crippen molar-refractivity contribution in [1.29, 1.82) is 0 Å². The minimum Gasteiger partial charge on any atom is -0.358 e. The lowest BCUT2D eigenvalue weighted by Gasteiger charge is -2.09. The summed E-state index contributed by atoms with van der Waals surface area (Å²) in [5, 5.41) is 7.08. The van der Waals surface area contributed by atoms with Crippen LogP contribution in [0.3, 0.4) is 0 Å². The molecule has 0 aliphatic heterocycles. The van der Waals surface area contributed by atoms with Crippen LogP contribution >= 0.6 is 0 Å². The molecule has 23 heavy (non-hydrogen) atoms. The number of urea groups is 1. The molecule has 0 aromatic heterocycles. The lowest BCUT2D eigenvalue weighted by molar-refractivity contribution is -0.119. The Morgan fingerprint density at radius 1 is 1.09 bits per heavy atom.